The highest BCUT2D eigenvalue weighted by molar-refractivity contribution is 7.98. The minimum Gasteiger partial charge on any atom is -0.335 e. The van der Waals surface area contributed by atoms with Gasteiger partial charge in [-0.3, -0.25) is 0 Å². The van der Waals surface area contributed by atoms with E-state index in [4.69, 9.17) is 22.0 Å². The second kappa shape index (κ2) is 7.42. The first-order chi connectivity index (χ1) is 13.1. The lowest BCUT2D eigenvalue weighted by atomic mass is 10.1. The summed E-state index contributed by atoms with van der Waals surface area (Å²) < 4.78 is 6.77. The van der Waals surface area contributed by atoms with E-state index in [1.165, 1.54) is 22.0 Å². The molecule has 0 aliphatic heterocycles. The van der Waals surface area contributed by atoms with Crippen LogP contribution in [0.2, 0.25) is 5.02 Å². The number of nitrogens with two attached hydrogens (primary N) is 1. The molecule has 4 rings (SSSR count). The Kier molecular flexibility index (Phi) is 4.83. The first-order valence-corrected chi connectivity index (χ1v) is 9.46. The summed E-state index contributed by atoms with van der Waals surface area (Å²) >= 11 is 7.54. The minimum absolute atomic E-state index is 0.380. The van der Waals surface area contributed by atoms with Gasteiger partial charge < -0.3 is 10.4 Å². The van der Waals surface area contributed by atoms with Crippen molar-refractivity contribution in [3.05, 3.63) is 64.9 Å². The monoisotopic (exact) mass is 398 g/mol. The minimum atomic E-state index is 0.380. The van der Waals surface area contributed by atoms with E-state index >= 15 is 0 Å². The summed E-state index contributed by atoms with van der Waals surface area (Å²) in [4.78, 5) is 4.38. The Balaban J connectivity index is 1.48. The number of nitrogens with zero attached hydrogens (tertiary/aromatic N) is 5. The van der Waals surface area contributed by atoms with Crippen molar-refractivity contribution >= 4 is 23.4 Å². The van der Waals surface area contributed by atoms with Gasteiger partial charge in [-0.1, -0.05) is 70.5 Å². The molecule has 0 aliphatic carbocycles. The number of hydrogen-bond acceptors (Lipinski definition) is 7. The number of halogens is 1. The van der Waals surface area contributed by atoms with Gasteiger partial charge >= 0.3 is 0 Å². The molecule has 0 aliphatic rings. The molecule has 0 radical (unpaired) electrons. The highest BCUT2D eigenvalue weighted by Crippen LogP contribution is 2.28. The Bertz CT molecular complexity index is 1080. The third-order valence-corrected chi connectivity index (χ3v) is 5.15. The van der Waals surface area contributed by atoms with Crippen molar-refractivity contribution in [1.29, 1.82) is 0 Å². The second-order valence-corrected chi connectivity index (χ2v) is 7.18. The maximum atomic E-state index is 6.16. The molecule has 0 saturated heterocycles. The molecule has 2 aromatic carbocycles. The van der Waals surface area contributed by atoms with Crippen molar-refractivity contribution in [2.45, 2.75) is 17.8 Å². The fraction of sp³-hybridized carbons (Fsp3) is 0.111. The molecule has 0 bridgehead atoms. The molecule has 0 fully saturated rings. The van der Waals surface area contributed by atoms with E-state index in [1.807, 2.05) is 49.4 Å². The zero-order valence-corrected chi connectivity index (χ0v) is 15.9. The Hall–Kier alpha value is -2.84. The molecule has 7 nitrogen and oxygen atoms in total. The van der Waals surface area contributed by atoms with Gasteiger partial charge in [0, 0.05) is 5.56 Å². The maximum Gasteiger partial charge on any atom is 0.259 e. The predicted molar refractivity (Wildman–Crippen MR) is 105 cm³/mol. The van der Waals surface area contributed by atoms with Crippen LogP contribution >= 0.6 is 23.4 Å². The molecule has 4 aromatic rings. The van der Waals surface area contributed by atoms with E-state index in [2.05, 4.69) is 20.3 Å². The number of nitrogen functional groups attached to an aromatic ring is 1. The van der Waals surface area contributed by atoms with E-state index in [-0.39, 0.29) is 0 Å². The number of rotatable bonds is 5. The van der Waals surface area contributed by atoms with Crippen LogP contribution in [0, 0.1) is 6.92 Å². The molecule has 2 N–H and O–H groups in total. The van der Waals surface area contributed by atoms with Crippen LogP contribution in [0.1, 0.15) is 11.4 Å². The summed E-state index contributed by atoms with van der Waals surface area (Å²) in [7, 11) is 0. The average Bonchev–Trinajstić information content (AvgIpc) is 3.28. The van der Waals surface area contributed by atoms with E-state index in [9.17, 15) is 0 Å². The molecule has 9 heteroatoms. The first-order valence-electron chi connectivity index (χ1n) is 8.09. The van der Waals surface area contributed by atoms with Crippen molar-refractivity contribution in [1.82, 2.24) is 25.0 Å². The summed E-state index contributed by atoms with van der Waals surface area (Å²) in [5.74, 6) is 8.09. The molecular formula is C18H15ClN6OS. The zero-order valence-electron chi connectivity index (χ0n) is 14.3. The van der Waals surface area contributed by atoms with Crippen LogP contribution in [0.4, 0.5) is 0 Å². The Morgan fingerprint density at radius 1 is 1.11 bits per heavy atom. The Morgan fingerprint density at radius 2 is 1.89 bits per heavy atom. The van der Waals surface area contributed by atoms with Crippen LogP contribution in [0.5, 0.6) is 0 Å². The van der Waals surface area contributed by atoms with E-state index in [1.54, 1.807) is 6.07 Å². The SMILES string of the molecule is Cc1ccc(-c2nnc(SCc3noc(-c4ccccc4Cl)n3)n2N)cc1. The van der Waals surface area contributed by atoms with Gasteiger partial charge in [-0.2, -0.15) is 4.98 Å². The molecule has 0 spiro atoms. The molecular weight excluding hydrogens is 384 g/mol. The number of thioether (sulfide) groups is 1. The average molecular weight is 399 g/mol. The summed E-state index contributed by atoms with van der Waals surface area (Å²) in [5.41, 5.74) is 2.78. The van der Waals surface area contributed by atoms with Crippen LogP contribution in [0.3, 0.4) is 0 Å². The lowest BCUT2D eigenvalue weighted by Gasteiger charge is -2.03. The molecule has 2 heterocycles. The fourth-order valence-electron chi connectivity index (χ4n) is 2.46. The predicted octanol–water partition coefficient (Wildman–Crippen LogP) is 3.96. The third kappa shape index (κ3) is 3.67. The standard InChI is InChI=1S/C18H15ClN6OS/c1-11-6-8-12(9-7-11)16-22-23-18(25(16)20)27-10-15-21-17(26-24-15)13-4-2-3-5-14(13)19/h2-9H,10,20H2,1H3. The topological polar surface area (TPSA) is 95.6 Å². The van der Waals surface area contributed by atoms with Gasteiger partial charge in [0.1, 0.15) is 0 Å². The maximum absolute atomic E-state index is 6.16. The van der Waals surface area contributed by atoms with E-state index < -0.39 is 0 Å². The van der Waals surface area contributed by atoms with E-state index in [0.29, 0.717) is 39.0 Å². The first kappa shape index (κ1) is 17.6. The Labute approximate surface area is 164 Å². The summed E-state index contributed by atoms with van der Waals surface area (Å²) in [5, 5.41) is 13.4. The lowest BCUT2D eigenvalue weighted by molar-refractivity contribution is 0.425. The molecule has 0 unspecified atom stereocenters. The molecule has 27 heavy (non-hydrogen) atoms. The normalized spacial score (nSPS) is 11.0. The van der Waals surface area contributed by atoms with Crippen molar-refractivity contribution in [2.24, 2.45) is 0 Å². The van der Waals surface area contributed by atoms with Crippen molar-refractivity contribution in [3.63, 3.8) is 0 Å². The van der Waals surface area contributed by atoms with Crippen molar-refractivity contribution in [3.8, 4) is 22.8 Å². The summed E-state index contributed by atoms with van der Waals surface area (Å²) in [6, 6.07) is 15.3. The second-order valence-electron chi connectivity index (χ2n) is 5.83. The van der Waals surface area contributed by atoms with E-state index in [0.717, 1.165) is 5.56 Å². The lowest BCUT2D eigenvalue weighted by Crippen LogP contribution is -2.11. The smallest absolute Gasteiger partial charge is 0.259 e. The number of aryl methyl sites for hydroxylation is 1. The van der Waals surface area contributed by atoms with Gasteiger partial charge in [0.25, 0.3) is 5.89 Å². The van der Waals surface area contributed by atoms with Crippen LogP contribution in [-0.4, -0.2) is 25.0 Å². The van der Waals surface area contributed by atoms with Gasteiger partial charge in [0.15, 0.2) is 11.6 Å². The highest BCUT2D eigenvalue weighted by Gasteiger charge is 2.15. The zero-order chi connectivity index (χ0) is 18.8. The van der Waals surface area contributed by atoms with Crippen LogP contribution in [-0.2, 0) is 5.75 Å². The molecule has 0 saturated carbocycles. The number of hydrogen-bond donors (Lipinski definition) is 1. The van der Waals surface area contributed by atoms with Gasteiger partial charge in [-0.25, -0.2) is 4.68 Å². The largest absolute Gasteiger partial charge is 0.335 e. The van der Waals surface area contributed by atoms with Crippen LogP contribution in [0.15, 0.2) is 58.2 Å². The summed E-state index contributed by atoms with van der Waals surface area (Å²) in [6.07, 6.45) is 0. The van der Waals surface area contributed by atoms with Gasteiger partial charge in [-0.05, 0) is 19.1 Å². The molecule has 0 amide bonds. The van der Waals surface area contributed by atoms with Gasteiger partial charge in [0.05, 0.1) is 16.3 Å². The highest BCUT2D eigenvalue weighted by atomic mass is 35.5. The molecule has 2 aromatic heterocycles. The molecule has 0 atom stereocenters. The molecule has 136 valence electrons. The van der Waals surface area contributed by atoms with Crippen LogP contribution in [0.25, 0.3) is 22.8 Å². The van der Waals surface area contributed by atoms with Crippen molar-refractivity contribution in [2.75, 3.05) is 5.84 Å². The third-order valence-electron chi connectivity index (χ3n) is 3.88. The van der Waals surface area contributed by atoms with Crippen molar-refractivity contribution < 1.29 is 4.52 Å². The number of benzene rings is 2. The number of aromatic nitrogens is 5. The van der Waals surface area contributed by atoms with Gasteiger partial charge in [-0.15, -0.1) is 10.2 Å². The fourth-order valence-corrected chi connectivity index (χ4v) is 3.38. The Morgan fingerprint density at radius 3 is 2.67 bits per heavy atom. The van der Waals surface area contributed by atoms with Gasteiger partial charge in [0.2, 0.25) is 5.16 Å². The summed E-state index contributed by atoms with van der Waals surface area (Å²) in [6.45, 7) is 2.03. The quantitative estimate of drug-likeness (QED) is 0.401. The van der Waals surface area contributed by atoms with Crippen LogP contribution < -0.4 is 5.84 Å².